The van der Waals surface area contributed by atoms with Gasteiger partial charge in [0.15, 0.2) is 0 Å². The van der Waals surface area contributed by atoms with E-state index < -0.39 is 11.8 Å². The standard InChI is InChI=1S/C17H25N3O3/c1-13-7-10-20(11-8-13)15-5-3-14(4-6-15)19-17(22)16(21)18-9-12-23-2/h3-6,13H,7-12H2,1-2H3,(H,18,21)(H,19,22). The van der Waals surface area contributed by atoms with E-state index in [1.807, 2.05) is 24.3 Å². The Morgan fingerprint density at radius 3 is 2.43 bits per heavy atom. The first-order valence-corrected chi connectivity index (χ1v) is 8.03. The van der Waals surface area contributed by atoms with Gasteiger partial charge < -0.3 is 20.3 Å². The van der Waals surface area contributed by atoms with Crippen molar-refractivity contribution in [1.82, 2.24) is 5.32 Å². The van der Waals surface area contributed by atoms with Crippen LogP contribution in [0.15, 0.2) is 24.3 Å². The number of methoxy groups -OCH3 is 1. The lowest BCUT2D eigenvalue weighted by atomic mass is 9.99. The second-order valence-electron chi connectivity index (χ2n) is 5.92. The van der Waals surface area contributed by atoms with Gasteiger partial charge in [0.1, 0.15) is 0 Å². The number of hydrogen-bond donors (Lipinski definition) is 2. The SMILES string of the molecule is COCCNC(=O)C(=O)Nc1ccc(N2CCC(C)CC2)cc1. The van der Waals surface area contributed by atoms with E-state index in [-0.39, 0.29) is 0 Å². The zero-order chi connectivity index (χ0) is 16.7. The van der Waals surface area contributed by atoms with Crippen molar-refractivity contribution in [2.75, 3.05) is 43.6 Å². The maximum atomic E-state index is 11.8. The highest BCUT2D eigenvalue weighted by Crippen LogP contribution is 2.24. The number of amides is 2. The van der Waals surface area contributed by atoms with Crippen LogP contribution in [0, 0.1) is 5.92 Å². The largest absolute Gasteiger partial charge is 0.383 e. The monoisotopic (exact) mass is 319 g/mol. The summed E-state index contributed by atoms with van der Waals surface area (Å²) in [4.78, 5) is 25.7. The lowest BCUT2D eigenvalue weighted by molar-refractivity contribution is -0.136. The van der Waals surface area contributed by atoms with Crippen molar-refractivity contribution in [3.05, 3.63) is 24.3 Å². The molecule has 2 rings (SSSR count). The van der Waals surface area contributed by atoms with Crippen LogP contribution < -0.4 is 15.5 Å². The molecule has 1 aliphatic rings. The number of hydrogen-bond acceptors (Lipinski definition) is 4. The molecule has 126 valence electrons. The first kappa shape index (κ1) is 17.3. The van der Waals surface area contributed by atoms with Gasteiger partial charge in [-0.2, -0.15) is 0 Å². The Morgan fingerprint density at radius 1 is 1.17 bits per heavy atom. The smallest absolute Gasteiger partial charge is 0.313 e. The number of carbonyl (C=O) groups excluding carboxylic acids is 2. The number of anilines is 2. The molecular formula is C17H25N3O3. The Balaban J connectivity index is 1.84. The topological polar surface area (TPSA) is 70.7 Å². The maximum absolute atomic E-state index is 11.8. The molecule has 23 heavy (non-hydrogen) atoms. The number of carbonyl (C=O) groups is 2. The van der Waals surface area contributed by atoms with Gasteiger partial charge in [-0.15, -0.1) is 0 Å². The van der Waals surface area contributed by atoms with Crippen LogP contribution >= 0.6 is 0 Å². The van der Waals surface area contributed by atoms with Crippen molar-refractivity contribution >= 4 is 23.2 Å². The van der Waals surface area contributed by atoms with Gasteiger partial charge in [0.25, 0.3) is 0 Å². The van der Waals surface area contributed by atoms with E-state index in [4.69, 9.17) is 4.74 Å². The number of nitrogens with one attached hydrogen (secondary N) is 2. The van der Waals surface area contributed by atoms with Crippen molar-refractivity contribution < 1.29 is 14.3 Å². The van der Waals surface area contributed by atoms with Crippen LogP contribution in [0.3, 0.4) is 0 Å². The lowest BCUT2D eigenvalue weighted by Crippen LogP contribution is -2.37. The molecule has 6 nitrogen and oxygen atoms in total. The summed E-state index contributed by atoms with van der Waals surface area (Å²) in [5.41, 5.74) is 1.77. The van der Waals surface area contributed by atoms with Gasteiger partial charge in [-0.05, 0) is 43.0 Å². The lowest BCUT2D eigenvalue weighted by Gasteiger charge is -2.32. The Hall–Kier alpha value is -2.08. The molecule has 0 aromatic heterocycles. The first-order valence-electron chi connectivity index (χ1n) is 8.03. The Kier molecular flexibility index (Phi) is 6.40. The minimum Gasteiger partial charge on any atom is -0.383 e. The van der Waals surface area contributed by atoms with Gasteiger partial charge in [0.05, 0.1) is 6.61 Å². The average molecular weight is 319 g/mol. The van der Waals surface area contributed by atoms with Crippen LogP contribution in [-0.2, 0) is 14.3 Å². The molecule has 0 aliphatic carbocycles. The zero-order valence-corrected chi connectivity index (χ0v) is 13.8. The molecular weight excluding hydrogens is 294 g/mol. The van der Waals surface area contributed by atoms with E-state index >= 15 is 0 Å². The molecule has 1 fully saturated rings. The van der Waals surface area contributed by atoms with Gasteiger partial charge in [0.2, 0.25) is 0 Å². The summed E-state index contributed by atoms with van der Waals surface area (Å²) in [6, 6.07) is 7.62. The van der Waals surface area contributed by atoms with E-state index in [1.165, 1.54) is 20.0 Å². The van der Waals surface area contributed by atoms with Crippen LogP contribution in [0.4, 0.5) is 11.4 Å². The first-order chi connectivity index (χ1) is 11.1. The number of ether oxygens (including phenoxy) is 1. The second-order valence-corrected chi connectivity index (χ2v) is 5.92. The predicted molar refractivity (Wildman–Crippen MR) is 90.6 cm³/mol. The molecule has 0 saturated carbocycles. The van der Waals surface area contributed by atoms with E-state index in [1.54, 1.807) is 0 Å². The van der Waals surface area contributed by atoms with Gasteiger partial charge in [0, 0.05) is 38.1 Å². The molecule has 1 aromatic carbocycles. The summed E-state index contributed by atoms with van der Waals surface area (Å²) in [6.45, 7) is 5.11. The molecule has 2 amide bonds. The highest BCUT2D eigenvalue weighted by molar-refractivity contribution is 6.39. The third-order valence-electron chi connectivity index (χ3n) is 4.07. The van der Waals surface area contributed by atoms with Gasteiger partial charge in [-0.3, -0.25) is 9.59 Å². The van der Waals surface area contributed by atoms with Gasteiger partial charge >= 0.3 is 11.8 Å². The number of rotatable bonds is 5. The molecule has 1 saturated heterocycles. The van der Waals surface area contributed by atoms with Crippen molar-refractivity contribution in [1.29, 1.82) is 0 Å². The Morgan fingerprint density at radius 2 is 1.83 bits per heavy atom. The summed E-state index contributed by atoms with van der Waals surface area (Å²) < 4.78 is 4.82. The summed E-state index contributed by atoms with van der Waals surface area (Å²) in [7, 11) is 1.54. The molecule has 0 atom stereocenters. The van der Waals surface area contributed by atoms with Crippen molar-refractivity contribution in [2.45, 2.75) is 19.8 Å². The molecule has 1 aliphatic heterocycles. The predicted octanol–water partition coefficient (Wildman–Crippen LogP) is 1.62. The van der Waals surface area contributed by atoms with E-state index in [9.17, 15) is 9.59 Å². The minimum atomic E-state index is -0.666. The Bertz CT molecular complexity index is 522. The van der Waals surface area contributed by atoms with E-state index in [0.29, 0.717) is 18.8 Å². The quantitative estimate of drug-likeness (QED) is 0.639. The third kappa shape index (κ3) is 5.25. The zero-order valence-electron chi connectivity index (χ0n) is 13.8. The molecule has 0 unspecified atom stereocenters. The van der Waals surface area contributed by atoms with Gasteiger partial charge in [-0.1, -0.05) is 6.92 Å². The van der Waals surface area contributed by atoms with Crippen LogP contribution in [0.2, 0.25) is 0 Å². The fourth-order valence-electron chi connectivity index (χ4n) is 2.56. The molecule has 1 aromatic rings. The number of benzene rings is 1. The van der Waals surface area contributed by atoms with Crippen LogP contribution in [0.1, 0.15) is 19.8 Å². The molecule has 0 bridgehead atoms. The normalized spacial score (nSPS) is 15.3. The van der Waals surface area contributed by atoms with E-state index in [2.05, 4.69) is 22.5 Å². The molecule has 6 heteroatoms. The summed E-state index contributed by atoms with van der Waals surface area (Å²) >= 11 is 0. The van der Waals surface area contributed by atoms with Crippen LogP contribution in [0.25, 0.3) is 0 Å². The molecule has 1 heterocycles. The third-order valence-corrected chi connectivity index (χ3v) is 4.07. The molecule has 2 N–H and O–H groups in total. The van der Waals surface area contributed by atoms with E-state index in [0.717, 1.165) is 24.7 Å². The van der Waals surface area contributed by atoms with Crippen molar-refractivity contribution in [3.8, 4) is 0 Å². The van der Waals surface area contributed by atoms with Crippen molar-refractivity contribution in [3.63, 3.8) is 0 Å². The Labute approximate surface area is 137 Å². The average Bonchev–Trinajstić information content (AvgIpc) is 2.56. The fourth-order valence-corrected chi connectivity index (χ4v) is 2.56. The molecule has 0 spiro atoms. The van der Waals surface area contributed by atoms with Crippen LogP contribution in [0.5, 0.6) is 0 Å². The summed E-state index contributed by atoms with van der Waals surface area (Å²) in [6.07, 6.45) is 2.42. The fraction of sp³-hybridized carbons (Fsp3) is 0.529. The number of nitrogens with zero attached hydrogens (tertiary/aromatic N) is 1. The minimum absolute atomic E-state index is 0.315. The van der Waals surface area contributed by atoms with Crippen LogP contribution in [-0.4, -0.2) is 45.2 Å². The second kappa shape index (κ2) is 8.53. The summed E-state index contributed by atoms with van der Waals surface area (Å²) in [5, 5.41) is 5.08. The molecule has 0 radical (unpaired) electrons. The van der Waals surface area contributed by atoms with Crippen molar-refractivity contribution in [2.24, 2.45) is 5.92 Å². The maximum Gasteiger partial charge on any atom is 0.313 e. The highest BCUT2D eigenvalue weighted by atomic mass is 16.5. The highest BCUT2D eigenvalue weighted by Gasteiger charge is 2.16. The summed E-state index contributed by atoms with van der Waals surface area (Å²) in [5.74, 6) is -0.529. The van der Waals surface area contributed by atoms with Gasteiger partial charge in [-0.25, -0.2) is 0 Å². The number of piperidine rings is 1.